The van der Waals surface area contributed by atoms with Gasteiger partial charge in [0.2, 0.25) is 0 Å². The molecule has 0 aliphatic rings. The summed E-state index contributed by atoms with van der Waals surface area (Å²) in [6.45, 7) is 1.75. The Bertz CT molecular complexity index is 502. The van der Waals surface area contributed by atoms with Gasteiger partial charge in [0.25, 0.3) is 0 Å². The summed E-state index contributed by atoms with van der Waals surface area (Å²) in [5.74, 6) is 0. The normalized spacial score (nSPS) is 10.9. The quantitative estimate of drug-likeness (QED) is 0.874. The van der Waals surface area contributed by atoms with E-state index in [1.807, 2.05) is 24.1 Å². The molecule has 0 bridgehead atoms. The third-order valence-corrected chi connectivity index (χ3v) is 2.82. The summed E-state index contributed by atoms with van der Waals surface area (Å²) in [5, 5.41) is 3.42. The van der Waals surface area contributed by atoms with Crippen LogP contribution in [0.4, 0.5) is 5.69 Å². The van der Waals surface area contributed by atoms with Gasteiger partial charge in [0.1, 0.15) is 0 Å². The second-order valence-corrected chi connectivity index (χ2v) is 4.79. The molecule has 0 saturated carbocycles. The Hall–Kier alpha value is -1.81. The van der Waals surface area contributed by atoms with Gasteiger partial charge in [-0.2, -0.15) is 0 Å². The molecule has 0 atom stereocenters. The van der Waals surface area contributed by atoms with E-state index in [0.717, 1.165) is 18.8 Å². The maximum Gasteiger partial charge on any atom is 0.0946 e. The standard InChI is InChI=1S/C14H20N4/c1-17(2)10-12-5-4-6-13(7-12)16-9-14-8-15-11-18(14)3/h4-8,11,16H,9-10H2,1-3H3. The van der Waals surface area contributed by atoms with Crippen LogP contribution in [0.25, 0.3) is 0 Å². The fourth-order valence-corrected chi connectivity index (χ4v) is 1.89. The molecule has 96 valence electrons. The molecule has 2 rings (SSSR count). The van der Waals surface area contributed by atoms with Crippen LogP contribution in [-0.2, 0) is 20.1 Å². The first-order valence-corrected chi connectivity index (χ1v) is 6.08. The van der Waals surface area contributed by atoms with Gasteiger partial charge in [-0.15, -0.1) is 0 Å². The van der Waals surface area contributed by atoms with Crippen LogP contribution in [0.3, 0.4) is 0 Å². The molecule has 0 aliphatic carbocycles. The highest BCUT2D eigenvalue weighted by molar-refractivity contribution is 5.45. The smallest absolute Gasteiger partial charge is 0.0946 e. The molecular formula is C14H20N4. The maximum absolute atomic E-state index is 4.11. The van der Waals surface area contributed by atoms with Crippen molar-refractivity contribution in [3.63, 3.8) is 0 Å². The van der Waals surface area contributed by atoms with Crippen LogP contribution in [0.1, 0.15) is 11.3 Å². The second-order valence-electron chi connectivity index (χ2n) is 4.79. The van der Waals surface area contributed by atoms with E-state index in [1.165, 1.54) is 11.3 Å². The Morgan fingerprint density at radius 2 is 2.17 bits per heavy atom. The van der Waals surface area contributed by atoms with Crippen molar-refractivity contribution in [2.45, 2.75) is 13.1 Å². The summed E-state index contributed by atoms with van der Waals surface area (Å²) in [7, 11) is 6.16. The molecule has 0 spiro atoms. The largest absolute Gasteiger partial charge is 0.379 e. The molecule has 2 aromatic rings. The molecule has 0 fully saturated rings. The number of nitrogens with zero attached hydrogens (tertiary/aromatic N) is 3. The first kappa shape index (κ1) is 12.6. The van der Waals surface area contributed by atoms with Crippen molar-refractivity contribution in [3.8, 4) is 0 Å². The van der Waals surface area contributed by atoms with E-state index >= 15 is 0 Å². The van der Waals surface area contributed by atoms with Crippen molar-refractivity contribution in [1.82, 2.24) is 14.5 Å². The monoisotopic (exact) mass is 244 g/mol. The van der Waals surface area contributed by atoms with Gasteiger partial charge in [-0.1, -0.05) is 12.1 Å². The molecular weight excluding hydrogens is 224 g/mol. The lowest BCUT2D eigenvalue weighted by atomic mass is 10.2. The van der Waals surface area contributed by atoms with E-state index in [2.05, 4.69) is 53.6 Å². The summed E-state index contributed by atoms with van der Waals surface area (Å²) in [6.07, 6.45) is 3.70. The number of aromatic nitrogens is 2. The fraction of sp³-hybridized carbons (Fsp3) is 0.357. The van der Waals surface area contributed by atoms with Crippen LogP contribution >= 0.6 is 0 Å². The molecule has 18 heavy (non-hydrogen) atoms. The maximum atomic E-state index is 4.11. The van der Waals surface area contributed by atoms with E-state index < -0.39 is 0 Å². The zero-order valence-electron chi connectivity index (χ0n) is 11.2. The Morgan fingerprint density at radius 1 is 1.33 bits per heavy atom. The predicted molar refractivity (Wildman–Crippen MR) is 74.4 cm³/mol. The van der Waals surface area contributed by atoms with Gasteiger partial charge in [0.05, 0.1) is 18.6 Å². The van der Waals surface area contributed by atoms with E-state index in [0.29, 0.717) is 0 Å². The topological polar surface area (TPSA) is 33.1 Å². The van der Waals surface area contributed by atoms with Crippen LogP contribution < -0.4 is 5.32 Å². The highest BCUT2D eigenvalue weighted by Crippen LogP contribution is 2.13. The molecule has 1 N–H and O–H groups in total. The minimum Gasteiger partial charge on any atom is -0.379 e. The van der Waals surface area contributed by atoms with Crippen LogP contribution in [0.15, 0.2) is 36.8 Å². The van der Waals surface area contributed by atoms with Crippen LogP contribution in [0.2, 0.25) is 0 Å². The molecule has 1 aromatic heterocycles. The van der Waals surface area contributed by atoms with Gasteiger partial charge < -0.3 is 14.8 Å². The van der Waals surface area contributed by atoms with Gasteiger partial charge in [-0.3, -0.25) is 0 Å². The van der Waals surface area contributed by atoms with E-state index in [-0.39, 0.29) is 0 Å². The average Bonchev–Trinajstić information content (AvgIpc) is 2.72. The molecule has 0 unspecified atom stereocenters. The van der Waals surface area contributed by atoms with E-state index in [9.17, 15) is 0 Å². The molecule has 4 heteroatoms. The number of benzene rings is 1. The predicted octanol–water partition coefficient (Wildman–Crippen LogP) is 2.09. The average molecular weight is 244 g/mol. The van der Waals surface area contributed by atoms with Crippen LogP contribution in [0, 0.1) is 0 Å². The summed E-state index contributed by atoms with van der Waals surface area (Å²) in [6, 6.07) is 8.52. The number of nitrogens with one attached hydrogen (secondary N) is 1. The number of imidazole rings is 1. The fourth-order valence-electron chi connectivity index (χ4n) is 1.89. The zero-order valence-corrected chi connectivity index (χ0v) is 11.2. The molecule has 1 heterocycles. The highest BCUT2D eigenvalue weighted by atomic mass is 15.1. The van der Waals surface area contributed by atoms with Gasteiger partial charge in [0, 0.05) is 25.5 Å². The lowest BCUT2D eigenvalue weighted by molar-refractivity contribution is 0.402. The Morgan fingerprint density at radius 3 is 2.83 bits per heavy atom. The molecule has 0 saturated heterocycles. The third-order valence-electron chi connectivity index (χ3n) is 2.82. The summed E-state index contributed by atoms with van der Waals surface area (Å²) in [5.41, 5.74) is 3.64. The Labute approximate surface area is 108 Å². The SMILES string of the molecule is CN(C)Cc1cccc(NCc2cncn2C)c1. The molecule has 4 nitrogen and oxygen atoms in total. The third kappa shape index (κ3) is 3.34. The Balaban J connectivity index is 1.99. The van der Waals surface area contributed by atoms with Crippen LogP contribution in [-0.4, -0.2) is 28.5 Å². The van der Waals surface area contributed by atoms with Gasteiger partial charge in [-0.25, -0.2) is 4.98 Å². The Kier molecular flexibility index (Phi) is 3.99. The summed E-state index contributed by atoms with van der Waals surface area (Å²) in [4.78, 5) is 6.27. The second kappa shape index (κ2) is 5.69. The molecule has 0 aliphatic heterocycles. The van der Waals surface area contributed by atoms with Crippen molar-refractivity contribution in [2.75, 3.05) is 19.4 Å². The minimum absolute atomic E-state index is 0.794. The van der Waals surface area contributed by atoms with Gasteiger partial charge in [0.15, 0.2) is 0 Å². The molecule has 1 aromatic carbocycles. The van der Waals surface area contributed by atoms with Crippen molar-refractivity contribution < 1.29 is 0 Å². The van der Waals surface area contributed by atoms with Gasteiger partial charge in [-0.05, 0) is 31.8 Å². The van der Waals surface area contributed by atoms with Crippen molar-refractivity contribution in [2.24, 2.45) is 7.05 Å². The number of hydrogen-bond acceptors (Lipinski definition) is 3. The lowest BCUT2D eigenvalue weighted by Gasteiger charge is -2.12. The van der Waals surface area contributed by atoms with Crippen molar-refractivity contribution in [3.05, 3.63) is 48.0 Å². The summed E-state index contributed by atoms with van der Waals surface area (Å²) >= 11 is 0. The number of anilines is 1. The minimum atomic E-state index is 0.794. The van der Waals surface area contributed by atoms with Crippen molar-refractivity contribution >= 4 is 5.69 Å². The zero-order chi connectivity index (χ0) is 13.0. The van der Waals surface area contributed by atoms with E-state index in [1.54, 1.807) is 0 Å². The molecule has 0 radical (unpaired) electrons. The van der Waals surface area contributed by atoms with Gasteiger partial charge >= 0.3 is 0 Å². The molecule has 0 amide bonds. The number of aryl methyl sites for hydroxylation is 1. The summed E-state index contributed by atoms with van der Waals surface area (Å²) < 4.78 is 2.02. The lowest BCUT2D eigenvalue weighted by Crippen LogP contribution is -2.11. The number of hydrogen-bond donors (Lipinski definition) is 1. The van der Waals surface area contributed by atoms with E-state index in [4.69, 9.17) is 0 Å². The number of rotatable bonds is 5. The first-order chi connectivity index (χ1) is 8.65. The first-order valence-electron chi connectivity index (χ1n) is 6.08. The highest BCUT2D eigenvalue weighted by Gasteiger charge is 2.00. The van der Waals surface area contributed by atoms with Crippen molar-refractivity contribution in [1.29, 1.82) is 0 Å². The van der Waals surface area contributed by atoms with Crippen LogP contribution in [0.5, 0.6) is 0 Å².